The van der Waals surface area contributed by atoms with Gasteiger partial charge in [0.1, 0.15) is 5.75 Å². The maximum atomic E-state index is 6.06. The van der Waals surface area contributed by atoms with Crippen LogP contribution in [0.3, 0.4) is 0 Å². The minimum absolute atomic E-state index is 0.524. The minimum atomic E-state index is 0.524. The Kier molecular flexibility index (Phi) is 4.24. The Morgan fingerprint density at radius 2 is 2.10 bits per heavy atom. The van der Waals surface area contributed by atoms with Gasteiger partial charge in [0.2, 0.25) is 0 Å². The molecule has 2 aliphatic heterocycles. The van der Waals surface area contributed by atoms with Gasteiger partial charge in [-0.15, -0.1) is 0 Å². The Bertz CT molecular complexity index is 491. The number of rotatable bonds is 3. The maximum Gasteiger partial charge on any atom is 0.123 e. The molecule has 0 spiro atoms. The number of anilines is 2. The Labute approximate surface area is 127 Å². The Hall–Kier alpha value is -1.42. The van der Waals surface area contributed by atoms with Gasteiger partial charge < -0.3 is 15.4 Å². The summed E-state index contributed by atoms with van der Waals surface area (Å²) in [5.41, 5.74) is 8.05. The van der Waals surface area contributed by atoms with Gasteiger partial charge in [-0.3, -0.25) is 4.90 Å². The van der Waals surface area contributed by atoms with Gasteiger partial charge in [0, 0.05) is 48.7 Å². The van der Waals surface area contributed by atoms with Gasteiger partial charge in [-0.05, 0) is 39.3 Å². The quantitative estimate of drug-likeness (QED) is 0.869. The van der Waals surface area contributed by atoms with E-state index in [0.717, 1.165) is 24.5 Å². The number of ether oxygens (including phenoxy) is 1. The van der Waals surface area contributed by atoms with E-state index < -0.39 is 0 Å². The number of piperazine rings is 1. The minimum Gasteiger partial charge on any atom is -0.494 e. The predicted molar refractivity (Wildman–Crippen MR) is 88.0 cm³/mol. The molecule has 3 rings (SSSR count). The third-order valence-electron chi connectivity index (χ3n) is 4.74. The molecule has 2 fully saturated rings. The van der Waals surface area contributed by atoms with Crippen LogP contribution in [0.25, 0.3) is 0 Å². The van der Waals surface area contributed by atoms with Crippen molar-refractivity contribution in [2.75, 3.05) is 36.9 Å². The molecule has 1 aromatic rings. The second-order valence-corrected chi connectivity index (χ2v) is 6.34. The molecule has 1 aromatic carbocycles. The van der Waals surface area contributed by atoms with Crippen molar-refractivity contribution in [2.45, 2.75) is 45.2 Å². The van der Waals surface area contributed by atoms with Gasteiger partial charge in [-0.2, -0.15) is 0 Å². The van der Waals surface area contributed by atoms with E-state index >= 15 is 0 Å². The highest BCUT2D eigenvalue weighted by atomic mass is 16.5. The summed E-state index contributed by atoms with van der Waals surface area (Å²) in [4.78, 5) is 5.17. The first-order valence-corrected chi connectivity index (χ1v) is 8.21. The highest BCUT2D eigenvalue weighted by Gasteiger charge is 2.33. The molecule has 0 radical (unpaired) electrons. The number of piperidine rings is 1. The number of benzene rings is 1. The van der Waals surface area contributed by atoms with Crippen molar-refractivity contribution in [3.05, 3.63) is 18.2 Å². The Balaban J connectivity index is 1.82. The molecular formula is C17H27N3O. The van der Waals surface area contributed by atoms with Crippen LogP contribution in [0.5, 0.6) is 5.75 Å². The summed E-state index contributed by atoms with van der Waals surface area (Å²) in [7, 11) is 0. The van der Waals surface area contributed by atoms with Crippen LogP contribution in [0.2, 0.25) is 0 Å². The standard InChI is InChI=1S/C17H27N3O/c1-3-21-17-9-14(18)8-16(10-17)20-12-15-6-4-5-7-19(15)11-13(20)2/h8-10,13,15H,3-7,11-12,18H2,1-2H3. The molecule has 4 heteroatoms. The average Bonchev–Trinajstić information content (AvgIpc) is 2.46. The normalized spacial score (nSPS) is 26.5. The summed E-state index contributed by atoms with van der Waals surface area (Å²) >= 11 is 0. The van der Waals surface area contributed by atoms with Crippen LogP contribution in [0.1, 0.15) is 33.1 Å². The zero-order valence-corrected chi connectivity index (χ0v) is 13.2. The maximum absolute atomic E-state index is 6.06. The van der Waals surface area contributed by atoms with Gasteiger partial charge in [0.05, 0.1) is 6.61 Å². The zero-order valence-electron chi connectivity index (χ0n) is 13.2. The SMILES string of the molecule is CCOc1cc(N)cc(N2CC3CCCCN3CC2C)c1. The average molecular weight is 289 g/mol. The first kappa shape index (κ1) is 14.5. The molecule has 0 bridgehead atoms. The van der Waals surface area contributed by atoms with Crippen LogP contribution in [0, 0.1) is 0 Å². The van der Waals surface area contributed by atoms with Crippen LogP contribution in [0.4, 0.5) is 11.4 Å². The number of hydrogen-bond acceptors (Lipinski definition) is 4. The second kappa shape index (κ2) is 6.14. The molecule has 0 amide bonds. The second-order valence-electron chi connectivity index (χ2n) is 6.34. The monoisotopic (exact) mass is 289 g/mol. The first-order chi connectivity index (χ1) is 10.2. The molecule has 2 atom stereocenters. The molecule has 2 saturated heterocycles. The highest BCUT2D eigenvalue weighted by molar-refractivity contribution is 5.61. The van der Waals surface area contributed by atoms with E-state index in [1.54, 1.807) is 0 Å². The molecule has 0 saturated carbocycles. The lowest BCUT2D eigenvalue weighted by Crippen LogP contribution is -2.58. The third kappa shape index (κ3) is 3.10. The number of hydrogen-bond donors (Lipinski definition) is 1. The highest BCUT2D eigenvalue weighted by Crippen LogP contribution is 2.31. The summed E-state index contributed by atoms with van der Waals surface area (Å²) in [6.45, 7) is 8.53. The lowest BCUT2D eigenvalue weighted by molar-refractivity contribution is 0.115. The van der Waals surface area contributed by atoms with E-state index in [0.29, 0.717) is 18.7 Å². The summed E-state index contributed by atoms with van der Waals surface area (Å²) in [6, 6.07) is 7.35. The summed E-state index contributed by atoms with van der Waals surface area (Å²) in [6.07, 6.45) is 4.05. The number of fused-ring (bicyclic) bond motifs is 1. The molecule has 116 valence electrons. The van der Waals surface area contributed by atoms with E-state index in [9.17, 15) is 0 Å². The Morgan fingerprint density at radius 1 is 1.24 bits per heavy atom. The molecule has 4 nitrogen and oxygen atoms in total. The van der Waals surface area contributed by atoms with Crippen LogP contribution >= 0.6 is 0 Å². The third-order valence-corrected chi connectivity index (χ3v) is 4.74. The number of nitrogens with two attached hydrogens (primary N) is 1. The molecule has 0 aliphatic carbocycles. The van der Waals surface area contributed by atoms with Gasteiger partial charge in [-0.1, -0.05) is 6.42 Å². The molecular weight excluding hydrogens is 262 g/mol. The predicted octanol–water partition coefficient (Wildman–Crippen LogP) is 2.73. The molecule has 2 aliphatic rings. The van der Waals surface area contributed by atoms with E-state index in [-0.39, 0.29) is 0 Å². The van der Waals surface area contributed by atoms with Gasteiger partial charge in [0.25, 0.3) is 0 Å². The lowest BCUT2D eigenvalue weighted by atomic mass is 9.96. The first-order valence-electron chi connectivity index (χ1n) is 8.21. The van der Waals surface area contributed by atoms with E-state index in [2.05, 4.69) is 28.9 Å². The van der Waals surface area contributed by atoms with E-state index in [4.69, 9.17) is 10.5 Å². The van der Waals surface area contributed by atoms with Crippen LogP contribution in [0.15, 0.2) is 18.2 Å². The van der Waals surface area contributed by atoms with Crippen molar-refractivity contribution in [2.24, 2.45) is 0 Å². The lowest BCUT2D eigenvalue weighted by Gasteiger charge is -2.48. The number of nitrogens with zero attached hydrogens (tertiary/aromatic N) is 2. The van der Waals surface area contributed by atoms with E-state index in [1.165, 1.54) is 31.5 Å². The van der Waals surface area contributed by atoms with Crippen molar-refractivity contribution >= 4 is 11.4 Å². The summed E-state index contributed by atoms with van der Waals surface area (Å²) < 4.78 is 5.64. The fourth-order valence-corrected chi connectivity index (χ4v) is 3.73. The summed E-state index contributed by atoms with van der Waals surface area (Å²) in [5.74, 6) is 0.880. The zero-order chi connectivity index (χ0) is 14.8. The van der Waals surface area contributed by atoms with Gasteiger partial charge in [0.15, 0.2) is 0 Å². The van der Waals surface area contributed by atoms with Crippen molar-refractivity contribution < 1.29 is 4.74 Å². The van der Waals surface area contributed by atoms with Crippen LogP contribution < -0.4 is 15.4 Å². The molecule has 2 unspecified atom stereocenters. The number of nitrogen functional groups attached to an aromatic ring is 1. The largest absolute Gasteiger partial charge is 0.494 e. The fourth-order valence-electron chi connectivity index (χ4n) is 3.73. The molecule has 2 N–H and O–H groups in total. The molecule has 21 heavy (non-hydrogen) atoms. The fraction of sp³-hybridized carbons (Fsp3) is 0.647. The Morgan fingerprint density at radius 3 is 2.90 bits per heavy atom. The smallest absolute Gasteiger partial charge is 0.123 e. The topological polar surface area (TPSA) is 41.7 Å². The molecule has 2 heterocycles. The van der Waals surface area contributed by atoms with Crippen molar-refractivity contribution in [3.63, 3.8) is 0 Å². The van der Waals surface area contributed by atoms with E-state index in [1.807, 2.05) is 13.0 Å². The van der Waals surface area contributed by atoms with Gasteiger partial charge in [-0.25, -0.2) is 0 Å². The van der Waals surface area contributed by atoms with Gasteiger partial charge >= 0.3 is 0 Å². The van der Waals surface area contributed by atoms with Crippen molar-refractivity contribution in [1.82, 2.24) is 4.90 Å². The van der Waals surface area contributed by atoms with Crippen LogP contribution in [-0.2, 0) is 0 Å². The van der Waals surface area contributed by atoms with Crippen molar-refractivity contribution in [1.29, 1.82) is 0 Å². The van der Waals surface area contributed by atoms with Crippen molar-refractivity contribution in [3.8, 4) is 5.75 Å². The van der Waals surface area contributed by atoms with Crippen LogP contribution in [-0.4, -0.2) is 43.2 Å². The molecule has 0 aromatic heterocycles. The summed E-state index contributed by atoms with van der Waals surface area (Å²) in [5, 5.41) is 0.